The first kappa shape index (κ1) is 12.9. The molecule has 1 fully saturated rings. The van der Waals surface area contributed by atoms with Crippen LogP contribution in [-0.2, 0) is 6.54 Å². The van der Waals surface area contributed by atoms with Gasteiger partial charge in [0.25, 0.3) is 0 Å². The van der Waals surface area contributed by atoms with Crippen molar-refractivity contribution in [2.75, 3.05) is 13.1 Å². The summed E-state index contributed by atoms with van der Waals surface area (Å²) in [7, 11) is 0. The molecule has 3 rings (SSSR count). The van der Waals surface area contributed by atoms with Gasteiger partial charge in [-0.2, -0.15) is 0 Å². The molecule has 1 aliphatic carbocycles. The summed E-state index contributed by atoms with van der Waals surface area (Å²) in [5.41, 5.74) is 1.17. The van der Waals surface area contributed by atoms with E-state index in [0.29, 0.717) is 0 Å². The van der Waals surface area contributed by atoms with Gasteiger partial charge in [-0.15, -0.1) is 11.3 Å². The summed E-state index contributed by atoms with van der Waals surface area (Å²) in [5, 5.41) is 3.15. The molecule has 0 N–H and O–H groups in total. The van der Waals surface area contributed by atoms with Gasteiger partial charge < -0.3 is 4.42 Å². The highest BCUT2D eigenvalue weighted by molar-refractivity contribution is 7.13. The van der Waals surface area contributed by atoms with E-state index >= 15 is 0 Å². The van der Waals surface area contributed by atoms with E-state index in [1.54, 1.807) is 17.6 Å². The van der Waals surface area contributed by atoms with Crippen LogP contribution >= 0.6 is 11.3 Å². The van der Waals surface area contributed by atoms with E-state index in [1.807, 2.05) is 12.1 Å². The predicted octanol–water partition coefficient (Wildman–Crippen LogP) is 4.03. The second kappa shape index (κ2) is 5.88. The standard InChI is InChI=1S/C15H20N2OS/c1-2-7-17(9-12-5-6-12)10-13-11-19-15(16-13)14-4-3-8-18-14/h3-4,8,11-12H,2,5-7,9-10H2,1H3. The molecule has 19 heavy (non-hydrogen) atoms. The fourth-order valence-electron chi connectivity index (χ4n) is 2.34. The smallest absolute Gasteiger partial charge is 0.162 e. The maximum atomic E-state index is 5.39. The molecule has 2 aromatic rings. The van der Waals surface area contributed by atoms with Gasteiger partial charge in [0.2, 0.25) is 0 Å². The Hall–Kier alpha value is -1.13. The fraction of sp³-hybridized carbons (Fsp3) is 0.533. The van der Waals surface area contributed by atoms with Crippen molar-refractivity contribution in [1.29, 1.82) is 0 Å². The van der Waals surface area contributed by atoms with Crippen LogP contribution in [0.2, 0.25) is 0 Å². The summed E-state index contributed by atoms with van der Waals surface area (Å²) in [6, 6.07) is 3.88. The topological polar surface area (TPSA) is 29.3 Å². The number of aromatic nitrogens is 1. The van der Waals surface area contributed by atoms with Crippen molar-refractivity contribution in [1.82, 2.24) is 9.88 Å². The lowest BCUT2D eigenvalue weighted by molar-refractivity contribution is 0.252. The Morgan fingerprint density at radius 3 is 3.05 bits per heavy atom. The van der Waals surface area contributed by atoms with E-state index in [4.69, 9.17) is 4.42 Å². The molecule has 1 aliphatic rings. The lowest BCUT2D eigenvalue weighted by Crippen LogP contribution is -2.26. The molecule has 2 aromatic heterocycles. The molecule has 3 nitrogen and oxygen atoms in total. The molecule has 0 amide bonds. The van der Waals surface area contributed by atoms with Crippen molar-refractivity contribution < 1.29 is 4.42 Å². The zero-order chi connectivity index (χ0) is 13.1. The maximum Gasteiger partial charge on any atom is 0.162 e. The van der Waals surface area contributed by atoms with E-state index in [9.17, 15) is 0 Å². The van der Waals surface area contributed by atoms with Gasteiger partial charge in [-0.3, -0.25) is 4.90 Å². The van der Waals surface area contributed by atoms with Crippen molar-refractivity contribution in [2.45, 2.75) is 32.7 Å². The third kappa shape index (κ3) is 3.45. The second-order valence-electron chi connectivity index (χ2n) is 5.30. The largest absolute Gasteiger partial charge is 0.462 e. The summed E-state index contributed by atoms with van der Waals surface area (Å²) in [6.45, 7) is 5.63. The number of hydrogen-bond acceptors (Lipinski definition) is 4. The van der Waals surface area contributed by atoms with Gasteiger partial charge in [-0.25, -0.2) is 4.98 Å². The van der Waals surface area contributed by atoms with Gasteiger partial charge >= 0.3 is 0 Å². The number of nitrogens with zero attached hydrogens (tertiary/aromatic N) is 2. The van der Waals surface area contributed by atoms with Crippen LogP contribution in [0.4, 0.5) is 0 Å². The average Bonchev–Trinajstić information content (AvgIpc) is 2.91. The van der Waals surface area contributed by atoms with Crippen LogP contribution in [-0.4, -0.2) is 23.0 Å². The number of thiazole rings is 1. The van der Waals surface area contributed by atoms with Crippen LogP contribution in [0.3, 0.4) is 0 Å². The summed E-state index contributed by atoms with van der Waals surface area (Å²) in [6.07, 6.45) is 5.73. The molecule has 0 radical (unpaired) electrons. The summed E-state index contributed by atoms with van der Waals surface area (Å²) in [4.78, 5) is 7.23. The van der Waals surface area contributed by atoms with Gasteiger partial charge in [0, 0.05) is 18.5 Å². The Kier molecular flexibility index (Phi) is 3.99. The first-order valence-corrected chi connectivity index (χ1v) is 7.93. The minimum Gasteiger partial charge on any atom is -0.462 e. The fourth-order valence-corrected chi connectivity index (χ4v) is 3.12. The highest BCUT2D eigenvalue weighted by Gasteiger charge is 2.24. The first-order valence-electron chi connectivity index (χ1n) is 7.05. The third-order valence-corrected chi connectivity index (χ3v) is 4.33. The molecule has 0 aliphatic heterocycles. The number of rotatable bonds is 7. The molecule has 102 valence electrons. The third-order valence-electron chi connectivity index (χ3n) is 3.42. The van der Waals surface area contributed by atoms with Gasteiger partial charge in [-0.1, -0.05) is 6.92 Å². The van der Waals surface area contributed by atoms with Crippen molar-refractivity contribution in [2.24, 2.45) is 5.92 Å². The molecule has 0 bridgehead atoms. The Morgan fingerprint density at radius 1 is 1.47 bits per heavy atom. The Bertz CT molecular complexity index is 502. The summed E-state index contributed by atoms with van der Waals surface area (Å²) < 4.78 is 5.39. The molecule has 0 spiro atoms. The van der Waals surface area contributed by atoms with Crippen molar-refractivity contribution in [3.63, 3.8) is 0 Å². The summed E-state index contributed by atoms with van der Waals surface area (Å²) in [5.74, 6) is 1.82. The zero-order valence-corrected chi connectivity index (χ0v) is 12.2. The number of furan rings is 1. The van der Waals surface area contributed by atoms with Crippen LogP contribution < -0.4 is 0 Å². The monoisotopic (exact) mass is 276 g/mol. The van der Waals surface area contributed by atoms with Gasteiger partial charge in [0.05, 0.1) is 12.0 Å². The predicted molar refractivity (Wildman–Crippen MR) is 78.1 cm³/mol. The zero-order valence-electron chi connectivity index (χ0n) is 11.3. The van der Waals surface area contributed by atoms with E-state index in [1.165, 1.54) is 38.0 Å². The molecular weight excluding hydrogens is 256 g/mol. The Morgan fingerprint density at radius 2 is 2.37 bits per heavy atom. The van der Waals surface area contributed by atoms with E-state index in [2.05, 4.69) is 22.2 Å². The molecule has 2 heterocycles. The van der Waals surface area contributed by atoms with Crippen LogP contribution in [0.1, 0.15) is 31.9 Å². The summed E-state index contributed by atoms with van der Waals surface area (Å²) >= 11 is 1.67. The molecular formula is C15H20N2OS. The molecule has 0 atom stereocenters. The first-order chi connectivity index (χ1) is 9.35. The van der Waals surface area contributed by atoms with Gasteiger partial charge in [0.15, 0.2) is 10.8 Å². The van der Waals surface area contributed by atoms with Crippen LogP contribution in [0.15, 0.2) is 28.2 Å². The van der Waals surface area contributed by atoms with Crippen molar-refractivity contribution in [3.8, 4) is 10.8 Å². The highest BCUT2D eigenvalue weighted by Crippen LogP contribution is 2.30. The van der Waals surface area contributed by atoms with Crippen LogP contribution in [0, 0.1) is 5.92 Å². The van der Waals surface area contributed by atoms with Crippen LogP contribution in [0.5, 0.6) is 0 Å². The van der Waals surface area contributed by atoms with Crippen molar-refractivity contribution >= 4 is 11.3 Å². The lowest BCUT2D eigenvalue weighted by Gasteiger charge is -2.20. The Labute approximate surface area is 118 Å². The molecule has 0 unspecified atom stereocenters. The van der Waals surface area contributed by atoms with Gasteiger partial charge in [-0.05, 0) is 43.9 Å². The average molecular weight is 276 g/mol. The molecule has 0 saturated heterocycles. The lowest BCUT2D eigenvalue weighted by atomic mass is 10.3. The van der Waals surface area contributed by atoms with E-state index in [-0.39, 0.29) is 0 Å². The molecule has 0 aromatic carbocycles. The SMILES string of the molecule is CCCN(Cc1csc(-c2ccco2)n1)CC1CC1. The quantitative estimate of drug-likeness (QED) is 0.764. The second-order valence-corrected chi connectivity index (χ2v) is 6.16. The Balaban J connectivity index is 1.64. The van der Waals surface area contributed by atoms with Crippen LogP contribution in [0.25, 0.3) is 10.8 Å². The maximum absolute atomic E-state index is 5.39. The minimum atomic E-state index is 0.875. The normalized spacial score (nSPS) is 15.3. The minimum absolute atomic E-state index is 0.875. The molecule has 4 heteroatoms. The highest BCUT2D eigenvalue weighted by atomic mass is 32.1. The van der Waals surface area contributed by atoms with Gasteiger partial charge in [0.1, 0.15) is 0 Å². The van der Waals surface area contributed by atoms with E-state index < -0.39 is 0 Å². The molecule has 1 saturated carbocycles. The number of hydrogen-bond donors (Lipinski definition) is 0. The van der Waals surface area contributed by atoms with Crippen molar-refractivity contribution in [3.05, 3.63) is 29.5 Å². The van der Waals surface area contributed by atoms with E-state index in [0.717, 1.165) is 23.2 Å².